The van der Waals surface area contributed by atoms with Crippen LogP contribution in [0.1, 0.15) is 16.9 Å². The number of ether oxygens (including phenoxy) is 1. The van der Waals surface area contributed by atoms with Gasteiger partial charge in [-0.25, -0.2) is 5.43 Å². The SMILES string of the molecule is Cc1cc(C)cc(OCC(=O)N/N=C\c2ccc([N+](=O)[O-])o2)c1. The Morgan fingerprint density at radius 3 is 2.65 bits per heavy atom. The summed E-state index contributed by atoms with van der Waals surface area (Å²) in [6, 6.07) is 8.23. The maximum absolute atomic E-state index is 11.6. The number of carbonyl (C=O) groups excluding carboxylic acids is 1. The Morgan fingerprint density at radius 2 is 2.04 bits per heavy atom. The van der Waals surface area contributed by atoms with Crippen LogP contribution in [-0.4, -0.2) is 23.7 Å². The number of furan rings is 1. The van der Waals surface area contributed by atoms with Crippen LogP contribution in [0.25, 0.3) is 0 Å². The van der Waals surface area contributed by atoms with Crippen LogP contribution in [-0.2, 0) is 4.79 Å². The van der Waals surface area contributed by atoms with E-state index in [2.05, 4.69) is 10.5 Å². The van der Waals surface area contributed by atoms with Gasteiger partial charge in [-0.05, 0) is 43.2 Å². The van der Waals surface area contributed by atoms with Gasteiger partial charge in [-0.15, -0.1) is 0 Å². The number of rotatable bonds is 6. The van der Waals surface area contributed by atoms with Gasteiger partial charge in [0, 0.05) is 0 Å². The number of nitrogens with zero attached hydrogens (tertiary/aromatic N) is 2. The van der Waals surface area contributed by atoms with Crippen molar-refractivity contribution in [3.05, 3.63) is 57.3 Å². The first-order valence-corrected chi connectivity index (χ1v) is 6.71. The summed E-state index contributed by atoms with van der Waals surface area (Å²) in [7, 11) is 0. The van der Waals surface area contributed by atoms with Gasteiger partial charge in [0.2, 0.25) is 0 Å². The minimum absolute atomic E-state index is 0.159. The molecule has 1 heterocycles. The molecule has 0 bridgehead atoms. The zero-order chi connectivity index (χ0) is 16.8. The average Bonchev–Trinajstić information content (AvgIpc) is 2.93. The molecule has 2 rings (SSSR count). The Balaban J connectivity index is 1.82. The molecule has 8 heteroatoms. The second-order valence-electron chi connectivity index (χ2n) is 4.84. The van der Waals surface area contributed by atoms with Crippen molar-refractivity contribution in [2.75, 3.05) is 6.61 Å². The van der Waals surface area contributed by atoms with Crippen LogP contribution < -0.4 is 10.2 Å². The van der Waals surface area contributed by atoms with Gasteiger partial charge < -0.3 is 9.15 Å². The monoisotopic (exact) mass is 317 g/mol. The van der Waals surface area contributed by atoms with Crippen LogP contribution in [0.5, 0.6) is 5.75 Å². The quantitative estimate of drug-likeness (QED) is 0.500. The highest BCUT2D eigenvalue weighted by molar-refractivity contribution is 5.81. The number of nitro groups is 1. The van der Waals surface area contributed by atoms with Crippen molar-refractivity contribution in [2.24, 2.45) is 5.10 Å². The highest BCUT2D eigenvalue weighted by Gasteiger charge is 2.10. The Hall–Kier alpha value is -3.16. The van der Waals surface area contributed by atoms with Crippen LogP contribution in [0.2, 0.25) is 0 Å². The molecule has 0 atom stereocenters. The molecule has 1 aromatic carbocycles. The third kappa shape index (κ3) is 4.95. The topological polar surface area (TPSA) is 107 Å². The molecule has 1 amide bonds. The van der Waals surface area contributed by atoms with E-state index >= 15 is 0 Å². The molecule has 1 N–H and O–H groups in total. The van der Waals surface area contributed by atoms with Crippen molar-refractivity contribution in [1.29, 1.82) is 0 Å². The van der Waals surface area contributed by atoms with E-state index in [1.165, 1.54) is 18.3 Å². The molecule has 0 spiro atoms. The molecule has 0 fully saturated rings. The molecule has 120 valence electrons. The number of hydrogen-bond donors (Lipinski definition) is 1. The summed E-state index contributed by atoms with van der Waals surface area (Å²) in [5, 5.41) is 14.1. The van der Waals surface area contributed by atoms with Gasteiger partial charge in [0.1, 0.15) is 10.7 Å². The Bertz CT molecular complexity index is 731. The van der Waals surface area contributed by atoms with E-state index in [0.29, 0.717) is 5.75 Å². The van der Waals surface area contributed by atoms with Crippen LogP contribution in [0.15, 0.2) is 39.9 Å². The summed E-state index contributed by atoms with van der Waals surface area (Å²) in [5.41, 5.74) is 4.32. The molecule has 2 aromatic rings. The Morgan fingerprint density at radius 1 is 1.35 bits per heavy atom. The molecular formula is C15H15N3O5. The summed E-state index contributed by atoms with van der Waals surface area (Å²) in [6.45, 7) is 3.68. The van der Waals surface area contributed by atoms with Crippen LogP contribution in [0.3, 0.4) is 0 Å². The van der Waals surface area contributed by atoms with E-state index in [0.717, 1.165) is 11.1 Å². The van der Waals surface area contributed by atoms with E-state index in [-0.39, 0.29) is 12.4 Å². The number of carbonyl (C=O) groups is 1. The van der Waals surface area contributed by atoms with Crippen LogP contribution in [0.4, 0.5) is 5.88 Å². The van der Waals surface area contributed by atoms with E-state index in [9.17, 15) is 14.9 Å². The van der Waals surface area contributed by atoms with Crippen molar-refractivity contribution in [2.45, 2.75) is 13.8 Å². The molecule has 23 heavy (non-hydrogen) atoms. The fourth-order valence-corrected chi connectivity index (χ4v) is 1.88. The van der Waals surface area contributed by atoms with Gasteiger partial charge >= 0.3 is 5.88 Å². The zero-order valence-corrected chi connectivity index (χ0v) is 12.6. The highest BCUT2D eigenvalue weighted by atomic mass is 16.6. The lowest BCUT2D eigenvalue weighted by Crippen LogP contribution is -2.24. The lowest BCUT2D eigenvalue weighted by atomic mass is 10.1. The molecule has 1 aromatic heterocycles. The maximum Gasteiger partial charge on any atom is 0.433 e. The van der Waals surface area contributed by atoms with Crippen molar-refractivity contribution in [3.63, 3.8) is 0 Å². The van der Waals surface area contributed by atoms with Crippen molar-refractivity contribution in [3.8, 4) is 5.75 Å². The van der Waals surface area contributed by atoms with E-state index in [1.807, 2.05) is 32.0 Å². The third-order valence-corrected chi connectivity index (χ3v) is 2.74. The van der Waals surface area contributed by atoms with Crippen LogP contribution >= 0.6 is 0 Å². The smallest absolute Gasteiger partial charge is 0.433 e. The van der Waals surface area contributed by atoms with Gasteiger partial charge in [-0.3, -0.25) is 14.9 Å². The molecular weight excluding hydrogens is 302 g/mol. The minimum Gasteiger partial charge on any atom is -0.484 e. The lowest BCUT2D eigenvalue weighted by Gasteiger charge is -2.07. The maximum atomic E-state index is 11.6. The molecule has 8 nitrogen and oxygen atoms in total. The molecule has 0 unspecified atom stereocenters. The lowest BCUT2D eigenvalue weighted by molar-refractivity contribution is -0.402. The average molecular weight is 317 g/mol. The van der Waals surface area contributed by atoms with Crippen molar-refractivity contribution >= 4 is 18.0 Å². The van der Waals surface area contributed by atoms with Crippen LogP contribution in [0, 0.1) is 24.0 Å². The molecule has 0 saturated carbocycles. The molecule has 0 aliphatic rings. The minimum atomic E-state index is -0.659. The Labute approximate surface area is 131 Å². The third-order valence-electron chi connectivity index (χ3n) is 2.74. The first-order valence-electron chi connectivity index (χ1n) is 6.71. The first-order chi connectivity index (χ1) is 10.9. The van der Waals surface area contributed by atoms with E-state index in [4.69, 9.17) is 9.15 Å². The number of hydrogen-bond acceptors (Lipinski definition) is 6. The summed E-state index contributed by atoms with van der Waals surface area (Å²) in [6.07, 6.45) is 1.17. The number of hydrazone groups is 1. The van der Waals surface area contributed by atoms with Gasteiger partial charge in [-0.1, -0.05) is 6.07 Å². The highest BCUT2D eigenvalue weighted by Crippen LogP contribution is 2.16. The Kier molecular flexibility index (Phi) is 5.08. The molecule has 0 aliphatic carbocycles. The number of aryl methyl sites for hydroxylation is 2. The predicted octanol–water partition coefficient (Wildman–Crippen LogP) is 2.33. The molecule has 0 saturated heterocycles. The summed E-state index contributed by atoms with van der Waals surface area (Å²) in [5.74, 6) is -0.0899. The summed E-state index contributed by atoms with van der Waals surface area (Å²) in [4.78, 5) is 21.4. The van der Waals surface area contributed by atoms with E-state index < -0.39 is 16.7 Å². The molecule has 0 radical (unpaired) electrons. The summed E-state index contributed by atoms with van der Waals surface area (Å²) < 4.78 is 10.2. The largest absolute Gasteiger partial charge is 0.484 e. The first kappa shape index (κ1) is 16.2. The second kappa shape index (κ2) is 7.21. The normalized spacial score (nSPS) is 10.7. The zero-order valence-electron chi connectivity index (χ0n) is 12.6. The second-order valence-corrected chi connectivity index (χ2v) is 4.84. The van der Waals surface area contributed by atoms with E-state index in [1.54, 1.807) is 0 Å². The standard InChI is InChI=1S/C15H15N3O5/c1-10-5-11(2)7-13(6-10)22-9-14(19)17-16-8-12-3-4-15(23-12)18(20)21/h3-8H,9H2,1-2H3,(H,17,19)/b16-8-. The number of amides is 1. The fourth-order valence-electron chi connectivity index (χ4n) is 1.88. The predicted molar refractivity (Wildman–Crippen MR) is 82.5 cm³/mol. The van der Waals surface area contributed by atoms with Crippen molar-refractivity contribution in [1.82, 2.24) is 5.43 Å². The molecule has 0 aliphatic heterocycles. The van der Waals surface area contributed by atoms with Gasteiger partial charge in [0.25, 0.3) is 5.91 Å². The number of benzene rings is 1. The number of nitrogens with one attached hydrogen (secondary N) is 1. The van der Waals surface area contributed by atoms with Gasteiger partial charge in [0.15, 0.2) is 12.4 Å². The fraction of sp³-hybridized carbons (Fsp3) is 0.200. The van der Waals surface area contributed by atoms with Gasteiger partial charge in [0.05, 0.1) is 12.3 Å². The van der Waals surface area contributed by atoms with Gasteiger partial charge in [-0.2, -0.15) is 5.10 Å². The van der Waals surface area contributed by atoms with Crippen molar-refractivity contribution < 1.29 is 18.9 Å². The summed E-state index contributed by atoms with van der Waals surface area (Å²) >= 11 is 0.